The maximum absolute atomic E-state index is 4.41. The molecular weight excluding hydrogens is 420 g/mol. The van der Waals surface area contributed by atoms with Gasteiger partial charge in [-0.3, -0.25) is 9.97 Å². The fourth-order valence-corrected chi connectivity index (χ4v) is 4.03. The first-order valence-electron chi connectivity index (χ1n) is 10.5. The number of nitrogens with zero attached hydrogens (tertiary/aromatic N) is 2. The van der Waals surface area contributed by atoms with Crippen molar-refractivity contribution in [3.8, 4) is 46.2 Å². The second-order valence-corrected chi connectivity index (χ2v) is 8.34. The van der Waals surface area contributed by atoms with Gasteiger partial charge in [0.25, 0.3) is 0 Å². The number of hydrogen-bond acceptors (Lipinski definition) is 3. The van der Waals surface area contributed by atoms with Crippen molar-refractivity contribution in [2.24, 2.45) is 0 Å². The van der Waals surface area contributed by atoms with Crippen molar-refractivity contribution in [2.75, 3.05) is 0 Å². The molecule has 0 unspecified atom stereocenters. The highest BCUT2D eigenvalue weighted by Crippen LogP contribution is 2.19. The standard InChI is InChI=1S/C30H18N2S/c1-3-19-31-29(11-1)25-9-5-7-23(21-25)13-15-27-17-18-28(33-27)16-14-24-8-6-10-26(22-24)30-12-2-4-20-32-30/h1-12,17-22H. The van der Waals surface area contributed by atoms with Crippen molar-refractivity contribution in [3.05, 3.63) is 130 Å². The Bertz CT molecular complexity index is 1400. The first-order chi connectivity index (χ1) is 16.3. The van der Waals surface area contributed by atoms with Crippen LogP contribution in [0, 0.1) is 23.7 Å². The zero-order valence-corrected chi connectivity index (χ0v) is 18.5. The molecule has 0 saturated heterocycles. The van der Waals surface area contributed by atoms with Crippen LogP contribution in [0.1, 0.15) is 20.9 Å². The largest absolute Gasteiger partial charge is 0.256 e. The molecular formula is C30H18N2S. The molecule has 33 heavy (non-hydrogen) atoms. The van der Waals surface area contributed by atoms with Crippen LogP contribution in [-0.4, -0.2) is 9.97 Å². The van der Waals surface area contributed by atoms with Crippen LogP contribution in [0.15, 0.2) is 109 Å². The molecule has 5 aromatic rings. The maximum atomic E-state index is 4.41. The van der Waals surface area contributed by atoms with Crippen molar-refractivity contribution in [1.29, 1.82) is 0 Å². The molecule has 0 fully saturated rings. The van der Waals surface area contributed by atoms with Gasteiger partial charge in [0.2, 0.25) is 0 Å². The van der Waals surface area contributed by atoms with Crippen molar-refractivity contribution < 1.29 is 0 Å². The molecule has 0 atom stereocenters. The van der Waals surface area contributed by atoms with Crippen LogP contribution in [0.4, 0.5) is 0 Å². The second kappa shape index (κ2) is 9.79. The molecule has 0 spiro atoms. The lowest BCUT2D eigenvalue weighted by molar-refractivity contribution is 1.32. The Hall–Kier alpha value is -4.44. The van der Waals surface area contributed by atoms with Crippen LogP contribution in [0.2, 0.25) is 0 Å². The minimum Gasteiger partial charge on any atom is -0.256 e. The van der Waals surface area contributed by atoms with Gasteiger partial charge in [0.15, 0.2) is 0 Å². The average Bonchev–Trinajstić information content (AvgIpc) is 3.36. The predicted octanol–water partition coefficient (Wildman–Crippen LogP) is 6.67. The van der Waals surface area contributed by atoms with Gasteiger partial charge in [0.1, 0.15) is 0 Å². The van der Waals surface area contributed by atoms with E-state index in [9.17, 15) is 0 Å². The van der Waals surface area contributed by atoms with E-state index in [4.69, 9.17) is 0 Å². The summed E-state index contributed by atoms with van der Waals surface area (Å²) in [5, 5.41) is 0. The second-order valence-electron chi connectivity index (χ2n) is 7.26. The van der Waals surface area contributed by atoms with Gasteiger partial charge in [-0.25, -0.2) is 0 Å². The van der Waals surface area contributed by atoms with E-state index in [0.717, 1.165) is 43.4 Å². The molecule has 0 aliphatic carbocycles. The van der Waals surface area contributed by atoms with E-state index in [1.54, 1.807) is 23.7 Å². The highest BCUT2D eigenvalue weighted by molar-refractivity contribution is 7.13. The molecule has 0 bridgehead atoms. The molecule has 3 heteroatoms. The van der Waals surface area contributed by atoms with Crippen LogP contribution in [0.3, 0.4) is 0 Å². The highest BCUT2D eigenvalue weighted by atomic mass is 32.1. The normalized spacial score (nSPS) is 9.94. The maximum Gasteiger partial charge on any atom is 0.0785 e. The smallest absolute Gasteiger partial charge is 0.0785 e. The van der Waals surface area contributed by atoms with E-state index in [2.05, 4.69) is 57.9 Å². The minimum absolute atomic E-state index is 0.946. The molecule has 0 saturated carbocycles. The summed E-state index contributed by atoms with van der Waals surface area (Å²) in [7, 11) is 0. The monoisotopic (exact) mass is 438 g/mol. The number of thiophene rings is 1. The lowest BCUT2D eigenvalue weighted by Gasteiger charge is -2.00. The predicted molar refractivity (Wildman–Crippen MR) is 136 cm³/mol. The van der Waals surface area contributed by atoms with Gasteiger partial charge in [0, 0.05) is 34.6 Å². The third-order valence-corrected chi connectivity index (χ3v) is 5.83. The van der Waals surface area contributed by atoms with Crippen molar-refractivity contribution in [1.82, 2.24) is 9.97 Å². The summed E-state index contributed by atoms with van der Waals surface area (Å²) in [6, 6.07) is 32.2. The fourth-order valence-electron chi connectivity index (χ4n) is 3.32. The fraction of sp³-hybridized carbons (Fsp3) is 0. The molecule has 0 radical (unpaired) electrons. The molecule has 2 aromatic carbocycles. The van der Waals surface area contributed by atoms with Crippen LogP contribution >= 0.6 is 11.3 Å². The summed E-state index contributed by atoms with van der Waals surface area (Å²) in [6.45, 7) is 0. The molecule has 2 nitrogen and oxygen atoms in total. The number of aromatic nitrogens is 2. The number of pyridine rings is 2. The van der Waals surface area contributed by atoms with Crippen LogP contribution in [-0.2, 0) is 0 Å². The summed E-state index contributed by atoms with van der Waals surface area (Å²) in [5.41, 5.74) is 5.95. The summed E-state index contributed by atoms with van der Waals surface area (Å²) in [6.07, 6.45) is 3.60. The molecule has 5 rings (SSSR count). The van der Waals surface area contributed by atoms with E-state index < -0.39 is 0 Å². The number of rotatable bonds is 2. The van der Waals surface area contributed by atoms with Crippen LogP contribution in [0.5, 0.6) is 0 Å². The Morgan fingerprint density at radius 3 is 1.45 bits per heavy atom. The molecule has 0 amide bonds. The lowest BCUT2D eigenvalue weighted by Crippen LogP contribution is -1.83. The van der Waals surface area contributed by atoms with Gasteiger partial charge >= 0.3 is 0 Å². The highest BCUT2D eigenvalue weighted by Gasteiger charge is 2.00. The van der Waals surface area contributed by atoms with Crippen LogP contribution < -0.4 is 0 Å². The SMILES string of the molecule is C(#Cc1ccc(C#Cc2cccc(-c3ccccn3)c2)s1)c1cccc(-c2ccccn2)c1. The third kappa shape index (κ3) is 5.25. The molecule has 3 aromatic heterocycles. The Balaban J connectivity index is 1.32. The molecule has 0 N–H and O–H groups in total. The Kier molecular flexibility index (Phi) is 6.07. The summed E-state index contributed by atoms with van der Waals surface area (Å²) >= 11 is 1.60. The molecule has 154 valence electrons. The van der Waals surface area contributed by atoms with E-state index in [0.29, 0.717) is 0 Å². The van der Waals surface area contributed by atoms with E-state index in [1.165, 1.54) is 0 Å². The summed E-state index contributed by atoms with van der Waals surface area (Å²) in [5.74, 6) is 13.0. The lowest BCUT2D eigenvalue weighted by atomic mass is 10.1. The van der Waals surface area contributed by atoms with E-state index >= 15 is 0 Å². The molecule has 0 aliphatic heterocycles. The first-order valence-corrected chi connectivity index (χ1v) is 11.3. The molecule has 3 heterocycles. The summed E-state index contributed by atoms with van der Waals surface area (Å²) < 4.78 is 0. The van der Waals surface area contributed by atoms with Gasteiger partial charge in [0.05, 0.1) is 21.1 Å². The van der Waals surface area contributed by atoms with Crippen molar-refractivity contribution >= 4 is 11.3 Å². The van der Waals surface area contributed by atoms with Crippen molar-refractivity contribution in [3.63, 3.8) is 0 Å². The average molecular weight is 439 g/mol. The minimum atomic E-state index is 0.946. The first kappa shape index (κ1) is 20.5. The Labute approximate surface area is 197 Å². The zero-order chi connectivity index (χ0) is 22.3. The topological polar surface area (TPSA) is 25.8 Å². The van der Waals surface area contributed by atoms with Gasteiger partial charge in [-0.1, -0.05) is 60.1 Å². The third-order valence-electron chi connectivity index (χ3n) is 4.91. The quantitative estimate of drug-likeness (QED) is 0.288. The van der Waals surface area contributed by atoms with Gasteiger partial charge in [-0.15, -0.1) is 11.3 Å². The van der Waals surface area contributed by atoms with Gasteiger partial charge in [-0.05, 0) is 60.7 Å². The number of hydrogen-bond donors (Lipinski definition) is 0. The Morgan fingerprint density at radius 1 is 0.485 bits per heavy atom. The van der Waals surface area contributed by atoms with Crippen LogP contribution in [0.25, 0.3) is 22.5 Å². The molecule has 0 aliphatic rings. The number of benzene rings is 2. The van der Waals surface area contributed by atoms with E-state index in [1.807, 2.05) is 72.8 Å². The zero-order valence-electron chi connectivity index (χ0n) is 17.7. The summed E-state index contributed by atoms with van der Waals surface area (Å²) in [4.78, 5) is 10.8. The van der Waals surface area contributed by atoms with Crippen molar-refractivity contribution in [2.45, 2.75) is 0 Å². The Morgan fingerprint density at radius 2 is 1.00 bits per heavy atom. The van der Waals surface area contributed by atoms with Gasteiger partial charge < -0.3 is 0 Å². The van der Waals surface area contributed by atoms with E-state index in [-0.39, 0.29) is 0 Å². The van der Waals surface area contributed by atoms with Gasteiger partial charge in [-0.2, -0.15) is 0 Å².